The fraction of sp³-hybridized carbons (Fsp3) is 0.667. The topological polar surface area (TPSA) is 37.4 Å². The maximum atomic E-state index is 5.29. The van der Waals surface area contributed by atoms with Crippen LogP contribution in [-0.4, -0.2) is 42.7 Å². The Balaban J connectivity index is 1.98. The molecule has 0 saturated carbocycles. The summed E-state index contributed by atoms with van der Waals surface area (Å²) in [5, 5.41) is 3.56. The Morgan fingerprint density at radius 3 is 3.16 bits per heavy atom. The summed E-state index contributed by atoms with van der Waals surface area (Å²) < 4.78 is 5.29. The highest BCUT2D eigenvalue weighted by atomic mass is 16.5. The molecule has 2 atom stereocenters. The number of aromatic nitrogens is 1. The molecule has 0 spiro atoms. The van der Waals surface area contributed by atoms with Crippen LogP contribution in [-0.2, 0) is 0 Å². The first kappa shape index (κ1) is 14.1. The van der Waals surface area contributed by atoms with Crippen molar-refractivity contribution in [2.45, 2.75) is 32.7 Å². The monoisotopic (exact) mass is 263 g/mol. The fourth-order valence-corrected chi connectivity index (χ4v) is 2.81. The van der Waals surface area contributed by atoms with E-state index in [9.17, 15) is 0 Å². The molecular formula is C15H25N3O. The van der Waals surface area contributed by atoms with E-state index in [-0.39, 0.29) is 0 Å². The number of nitrogens with zero attached hydrogens (tertiary/aromatic N) is 2. The molecule has 1 aromatic rings. The van der Waals surface area contributed by atoms with E-state index in [1.165, 1.54) is 25.9 Å². The first-order valence-electron chi connectivity index (χ1n) is 7.22. The van der Waals surface area contributed by atoms with Crippen LogP contribution in [0.2, 0.25) is 0 Å². The predicted molar refractivity (Wildman–Crippen MR) is 78.7 cm³/mol. The lowest BCUT2D eigenvalue weighted by Crippen LogP contribution is -2.41. The van der Waals surface area contributed by atoms with Gasteiger partial charge in [0.15, 0.2) is 0 Å². The summed E-state index contributed by atoms with van der Waals surface area (Å²) in [6, 6.07) is 4.41. The number of piperidine rings is 1. The summed E-state index contributed by atoms with van der Waals surface area (Å²) in [6.45, 7) is 8.09. The smallest absolute Gasteiger partial charge is 0.237 e. The molecule has 2 rings (SSSR count). The first-order valence-corrected chi connectivity index (χ1v) is 7.22. The molecule has 106 valence electrons. The lowest BCUT2D eigenvalue weighted by Gasteiger charge is -2.35. The van der Waals surface area contributed by atoms with Crippen LogP contribution in [0.3, 0.4) is 0 Å². The lowest BCUT2D eigenvalue weighted by molar-refractivity contribution is 0.172. The zero-order chi connectivity index (χ0) is 13.7. The molecule has 1 N–H and O–H groups in total. The number of anilines is 1. The molecule has 1 saturated heterocycles. The van der Waals surface area contributed by atoms with E-state index in [4.69, 9.17) is 4.74 Å². The Bertz CT molecular complexity index is 397. The second kappa shape index (κ2) is 6.75. The van der Waals surface area contributed by atoms with Gasteiger partial charge in [-0.25, -0.2) is 4.98 Å². The van der Waals surface area contributed by atoms with Gasteiger partial charge in [0.05, 0.1) is 12.8 Å². The minimum atomic E-state index is 0.437. The number of rotatable bonds is 5. The summed E-state index contributed by atoms with van der Waals surface area (Å²) >= 11 is 0. The molecule has 0 bridgehead atoms. The zero-order valence-electron chi connectivity index (χ0n) is 12.2. The lowest BCUT2D eigenvalue weighted by atomic mass is 9.91. The van der Waals surface area contributed by atoms with Crippen molar-refractivity contribution in [3.05, 3.63) is 18.3 Å². The third-order valence-electron chi connectivity index (χ3n) is 4.04. The van der Waals surface area contributed by atoms with Crippen LogP contribution in [0.5, 0.6) is 5.88 Å². The van der Waals surface area contributed by atoms with Gasteiger partial charge in [0.25, 0.3) is 0 Å². The van der Waals surface area contributed by atoms with Gasteiger partial charge in [-0.2, -0.15) is 0 Å². The van der Waals surface area contributed by atoms with E-state index >= 15 is 0 Å². The molecule has 0 amide bonds. The minimum Gasteiger partial charge on any atom is -0.480 e. The number of pyridine rings is 1. The summed E-state index contributed by atoms with van der Waals surface area (Å²) in [5.41, 5.74) is 0.992. The fourth-order valence-electron chi connectivity index (χ4n) is 2.81. The maximum Gasteiger partial charge on any atom is 0.237 e. The zero-order valence-corrected chi connectivity index (χ0v) is 12.2. The summed E-state index contributed by atoms with van der Waals surface area (Å²) in [4.78, 5) is 6.77. The highest BCUT2D eigenvalue weighted by Crippen LogP contribution is 2.26. The normalized spacial score (nSPS) is 21.9. The van der Waals surface area contributed by atoms with Gasteiger partial charge in [0.2, 0.25) is 5.88 Å². The highest BCUT2D eigenvalue weighted by Gasteiger charge is 2.24. The van der Waals surface area contributed by atoms with Crippen LogP contribution in [0.4, 0.5) is 5.69 Å². The number of likely N-dealkylation sites (tertiary alicyclic amines) is 1. The third-order valence-corrected chi connectivity index (χ3v) is 4.04. The summed E-state index contributed by atoms with van der Waals surface area (Å²) in [5.74, 6) is 1.37. The van der Waals surface area contributed by atoms with Crippen LogP contribution in [0.15, 0.2) is 18.3 Å². The van der Waals surface area contributed by atoms with Gasteiger partial charge in [0, 0.05) is 18.8 Å². The van der Waals surface area contributed by atoms with Gasteiger partial charge in [-0.15, -0.1) is 0 Å². The molecule has 2 heterocycles. The molecule has 1 aliphatic rings. The van der Waals surface area contributed by atoms with Crippen LogP contribution in [0, 0.1) is 5.92 Å². The highest BCUT2D eigenvalue weighted by molar-refractivity contribution is 5.52. The van der Waals surface area contributed by atoms with Gasteiger partial charge in [-0.1, -0.05) is 6.92 Å². The van der Waals surface area contributed by atoms with E-state index < -0.39 is 0 Å². The quantitative estimate of drug-likeness (QED) is 0.886. The third kappa shape index (κ3) is 3.60. The molecule has 2 unspecified atom stereocenters. The van der Waals surface area contributed by atoms with Crippen LogP contribution >= 0.6 is 0 Å². The molecule has 1 aromatic heterocycles. The molecule has 4 heteroatoms. The number of hydrogen-bond acceptors (Lipinski definition) is 4. The Labute approximate surface area is 116 Å². The Morgan fingerprint density at radius 1 is 1.58 bits per heavy atom. The van der Waals surface area contributed by atoms with Crippen molar-refractivity contribution in [1.29, 1.82) is 0 Å². The van der Waals surface area contributed by atoms with Gasteiger partial charge < -0.3 is 15.0 Å². The van der Waals surface area contributed by atoms with Crippen molar-refractivity contribution in [2.24, 2.45) is 5.92 Å². The van der Waals surface area contributed by atoms with Crippen molar-refractivity contribution in [1.82, 2.24) is 9.88 Å². The number of hydrogen-bond donors (Lipinski definition) is 1. The van der Waals surface area contributed by atoms with Crippen molar-refractivity contribution < 1.29 is 4.74 Å². The van der Waals surface area contributed by atoms with Crippen LogP contribution in [0.1, 0.15) is 26.7 Å². The van der Waals surface area contributed by atoms with E-state index in [1.54, 1.807) is 13.3 Å². The van der Waals surface area contributed by atoms with Gasteiger partial charge in [-0.05, 0) is 50.9 Å². The van der Waals surface area contributed by atoms with Crippen molar-refractivity contribution in [2.75, 3.05) is 32.1 Å². The molecule has 0 aromatic carbocycles. The molecular weight excluding hydrogens is 238 g/mol. The molecule has 0 radical (unpaired) electrons. The Morgan fingerprint density at radius 2 is 2.42 bits per heavy atom. The average molecular weight is 263 g/mol. The van der Waals surface area contributed by atoms with E-state index in [2.05, 4.69) is 29.0 Å². The van der Waals surface area contributed by atoms with Gasteiger partial charge >= 0.3 is 0 Å². The SMILES string of the molecule is CCN1CCCC(C(C)Nc2cccnc2OC)C1. The summed E-state index contributed by atoms with van der Waals surface area (Å²) in [6.07, 6.45) is 4.36. The Hall–Kier alpha value is -1.29. The summed E-state index contributed by atoms with van der Waals surface area (Å²) in [7, 11) is 1.66. The van der Waals surface area contributed by atoms with E-state index in [1.807, 2.05) is 12.1 Å². The first-order chi connectivity index (χ1) is 9.24. The standard InChI is InChI=1S/C15H25N3O/c1-4-18-10-6-7-13(11-18)12(2)17-14-8-5-9-16-15(14)19-3/h5,8-9,12-13,17H,4,6-7,10-11H2,1-3H3. The van der Waals surface area contributed by atoms with Gasteiger partial charge in [-0.3, -0.25) is 0 Å². The minimum absolute atomic E-state index is 0.437. The predicted octanol–water partition coefficient (Wildman–Crippen LogP) is 2.62. The number of methoxy groups -OCH3 is 1. The second-order valence-electron chi connectivity index (χ2n) is 5.29. The number of nitrogens with one attached hydrogen (secondary N) is 1. The number of ether oxygens (including phenoxy) is 1. The van der Waals surface area contributed by atoms with Crippen molar-refractivity contribution >= 4 is 5.69 Å². The largest absolute Gasteiger partial charge is 0.480 e. The maximum absolute atomic E-state index is 5.29. The average Bonchev–Trinajstić information content (AvgIpc) is 2.47. The van der Waals surface area contributed by atoms with Crippen LogP contribution < -0.4 is 10.1 Å². The molecule has 4 nitrogen and oxygen atoms in total. The van der Waals surface area contributed by atoms with E-state index in [0.29, 0.717) is 17.8 Å². The van der Waals surface area contributed by atoms with Gasteiger partial charge in [0.1, 0.15) is 0 Å². The molecule has 0 aliphatic carbocycles. The van der Waals surface area contributed by atoms with Crippen molar-refractivity contribution in [3.8, 4) is 5.88 Å². The second-order valence-corrected chi connectivity index (χ2v) is 5.29. The van der Waals surface area contributed by atoms with Crippen LogP contribution in [0.25, 0.3) is 0 Å². The molecule has 19 heavy (non-hydrogen) atoms. The van der Waals surface area contributed by atoms with Crippen molar-refractivity contribution in [3.63, 3.8) is 0 Å². The molecule has 1 fully saturated rings. The van der Waals surface area contributed by atoms with E-state index in [0.717, 1.165) is 12.2 Å². The Kier molecular flexibility index (Phi) is 5.02. The molecule has 1 aliphatic heterocycles.